The van der Waals surface area contributed by atoms with E-state index in [9.17, 15) is 5.11 Å². The van der Waals surface area contributed by atoms with Crippen molar-refractivity contribution in [2.45, 2.75) is 26.1 Å². The van der Waals surface area contributed by atoms with Crippen LogP contribution in [0, 0.1) is 5.92 Å². The van der Waals surface area contributed by atoms with Gasteiger partial charge in [-0.15, -0.1) is 0 Å². The van der Waals surface area contributed by atoms with Crippen LogP contribution in [0.5, 0.6) is 5.75 Å². The summed E-state index contributed by atoms with van der Waals surface area (Å²) in [5.41, 5.74) is 0.910. The van der Waals surface area contributed by atoms with Gasteiger partial charge in [0, 0.05) is 11.5 Å². The highest BCUT2D eigenvalue weighted by atomic mass is 16.5. The molecule has 1 aromatic rings. The van der Waals surface area contributed by atoms with Crippen molar-refractivity contribution < 1.29 is 9.84 Å². The average Bonchev–Trinajstić information content (AvgIpc) is 2.15. The van der Waals surface area contributed by atoms with E-state index < -0.39 is 0 Å². The van der Waals surface area contributed by atoms with Gasteiger partial charge in [0.15, 0.2) is 0 Å². The molecule has 0 saturated heterocycles. The van der Waals surface area contributed by atoms with Gasteiger partial charge in [-0.3, -0.25) is 0 Å². The van der Waals surface area contributed by atoms with E-state index in [0.29, 0.717) is 0 Å². The van der Waals surface area contributed by atoms with Crippen LogP contribution in [0.2, 0.25) is 0 Å². The molecule has 0 aromatic heterocycles. The first-order valence-corrected chi connectivity index (χ1v) is 4.64. The first kappa shape index (κ1) is 8.57. The SMILES string of the molecule is CC1Oc2ccccc2C(O)C1C. The molecular formula is C11H14O2. The van der Waals surface area contributed by atoms with Crippen LogP contribution in [0.25, 0.3) is 0 Å². The second-order valence-corrected chi connectivity index (χ2v) is 3.66. The smallest absolute Gasteiger partial charge is 0.125 e. The van der Waals surface area contributed by atoms with Crippen molar-refractivity contribution in [1.82, 2.24) is 0 Å². The Kier molecular flexibility index (Phi) is 2.00. The molecule has 3 unspecified atom stereocenters. The van der Waals surface area contributed by atoms with Crippen LogP contribution < -0.4 is 4.74 Å². The lowest BCUT2D eigenvalue weighted by Gasteiger charge is -2.33. The standard InChI is InChI=1S/C11H14O2/c1-7-8(2)13-10-6-4-3-5-9(10)11(7)12/h3-8,11-12H,1-2H3. The van der Waals surface area contributed by atoms with Crippen LogP contribution in [0.1, 0.15) is 25.5 Å². The Balaban J connectivity index is 2.43. The van der Waals surface area contributed by atoms with Crippen molar-refractivity contribution in [2.24, 2.45) is 5.92 Å². The molecule has 0 spiro atoms. The van der Waals surface area contributed by atoms with Gasteiger partial charge in [-0.25, -0.2) is 0 Å². The van der Waals surface area contributed by atoms with E-state index in [1.807, 2.05) is 38.1 Å². The van der Waals surface area contributed by atoms with Crippen LogP contribution in [-0.4, -0.2) is 11.2 Å². The number of para-hydroxylation sites is 1. The number of hydrogen-bond donors (Lipinski definition) is 1. The molecule has 0 fully saturated rings. The maximum atomic E-state index is 9.92. The van der Waals surface area contributed by atoms with Gasteiger partial charge in [0.25, 0.3) is 0 Å². The quantitative estimate of drug-likeness (QED) is 0.659. The van der Waals surface area contributed by atoms with Crippen LogP contribution in [0.4, 0.5) is 0 Å². The number of fused-ring (bicyclic) bond motifs is 1. The lowest BCUT2D eigenvalue weighted by atomic mass is 9.90. The lowest BCUT2D eigenvalue weighted by Crippen LogP contribution is -2.31. The molecule has 13 heavy (non-hydrogen) atoms. The summed E-state index contributed by atoms with van der Waals surface area (Å²) >= 11 is 0. The summed E-state index contributed by atoms with van der Waals surface area (Å²) in [7, 11) is 0. The molecule has 1 N–H and O–H groups in total. The van der Waals surface area contributed by atoms with Crippen molar-refractivity contribution in [1.29, 1.82) is 0 Å². The maximum Gasteiger partial charge on any atom is 0.125 e. The minimum absolute atomic E-state index is 0.0879. The third kappa shape index (κ3) is 1.31. The fourth-order valence-electron chi connectivity index (χ4n) is 1.68. The zero-order valence-electron chi connectivity index (χ0n) is 7.90. The third-order valence-electron chi connectivity index (χ3n) is 2.79. The van der Waals surface area contributed by atoms with E-state index in [4.69, 9.17) is 4.74 Å². The molecule has 70 valence electrons. The summed E-state index contributed by atoms with van der Waals surface area (Å²) in [4.78, 5) is 0. The molecule has 3 atom stereocenters. The van der Waals surface area contributed by atoms with E-state index in [1.54, 1.807) is 0 Å². The molecule has 2 rings (SSSR count). The average molecular weight is 178 g/mol. The van der Waals surface area contributed by atoms with Crippen LogP contribution >= 0.6 is 0 Å². The molecule has 0 radical (unpaired) electrons. The number of aliphatic hydroxyl groups is 1. The zero-order chi connectivity index (χ0) is 9.42. The van der Waals surface area contributed by atoms with Gasteiger partial charge in [0.1, 0.15) is 11.9 Å². The summed E-state index contributed by atoms with van der Waals surface area (Å²) in [5.74, 6) is 0.982. The molecule has 2 nitrogen and oxygen atoms in total. The Morgan fingerprint density at radius 1 is 1.23 bits per heavy atom. The molecule has 0 saturated carbocycles. The van der Waals surface area contributed by atoms with E-state index in [0.717, 1.165) is 11.3 Å². The number of rotatable bonds is 0. The predicted octanol–water partition coefficient (Wildman–Crippen LogP) is 2.14. The number of benzene rings is 1. The first-order chi connectivity index (χ1) is 6.20. The van der Waals surface area contributed by atoms with Crippen molar-refractivity contribution in [2.75, 3.05) is 0 Å². The summed E-state index contributed by atoms with van der Waals surface area (Å²) in [6.07, 6.45) is -0.301. The van der Waals surface area contributed by atoms with E-state index >= 15 is 0 Å². The van der Waals surface area contributed by atoms with E-state index in [1.165, 1.54) is 0 Å². The Bertz CT molecular complexity index is 309. The highest BCUT2D eigenvalue weighted by Crippen LogP contribution is 2.37. The van der Waals surface area contributed by atoms with Gasteiger partial charge < -0.3 is 9.84 Å². The Morgan fingerprint density at radius 2 is 1.92 bits per heavy atom. The van der Waals surface area contributed by atoms with Crippen molar-refractivity contribution in [3.63, 3.8) is 0 Å². The fraction of sp³-hybridized carbons (Fsp3) is 0.455. The minimum atomic E-state index is -0.389. The second kappa shape index (κ2) is 3.04. The molecule has 1 heterocycles. The van der Waals surface area contributed by atoms with Gasteiger partial charge in [0.2, 0.25) is 0 Å². The Labute approximate surface area is 78.2 Å². The van der Waals surface area contributed by atoms with E-state index in [-0.39, 0.29) is 18.1 Å². The summed E-state index contributed by atoms with van der Waals surface area (Å²) in [6, 6.07) is 7.67. The first-order valence-electron chi connectivity index (χ1n) is 4.64. The molecule has 1 aromatic carbocycles. The zero-order valence-corrected chi connectivity index (χ0v) is 7.90. The van der Waals surface area contributed by atoms with Crippen LogP contribution in [-0.2, 0) is 0 Å². The second-order valence-electron chi connectivity index (χ2n) is 3.66. The number of ether oxygens (including phenoxy) is 1. The largest absolute Gasteiger partial charge is 0.490 e. The van der Waals surface area contributed by atoms with Gasteiger partial charge >= 0.3 is 0 Å². The topological polar surface area (TPSA) is 29.5 Å². The molecular weight excluding hydrogens is 164 g/mol. The van der Waals surface area contributed by atoms with Gasteiger partial charge in [-0.1, -0.05) is 25.1 Å². The van der Waals surface area contributed by atoms with Crippen LogP contribution in [0.15, 0.2) is 24.3 Å². The van der Waals surface area contributed by atoms with E-state index in [2.05, 4.69) is 0 Å². The van der Waals surface area contributed by atoms with Gasteiger partial charge in [0.05, 0.1) is 6.10 Å². The predicted molar refractivity (Wildman–Crippen MR) is 50.7 cm³/mol. The third-order valence-corrected chi connectivity index (χ3v) is 2.79. The monoisotopic (exact) mass is 178 g/mol. The maximum absolute atomic E-state index is 9.92. The molecule has 1 aliphatic rings. The Morgan fingerprint density at radius 3 is 2.69 bits per heavy atom. The Hall–Kier alpha value is -1.02. The highest BCUT2D eigenvalue weighted by Gasteiger charge is 2.30. The molecule has 2 heteroatoms. The van der Waals surface area contributed by atoms with Crippen molar-refractivity contribution in [3.8, 4) is 5.75 Å². The van der Waals surface area contributed by atoms with Crippen LogP contribution in [0.3, 0.4) is 0 Å². The summed E-state index contributed by atoms with van der Waals surface area (Å²) in [5, 5.41) is 9.92. The van der Waals surface area contributed by atoms with Crippen molar-refractivity contribution in [3.05, 3.63) is 29.8 Å². The molecule has 0 aliphatic carbocycles. The van der Waals surface area contributed by atoms with Crippen molar-refractivity contribution >= 4 is 0 Å². The number of hydrogen-bond acceptors (Lipinski definition) is 2. The molecule has 0 bridgehead atoms. The highest BCUT2D eigenvalue weighted by molar-refractivity contribution is 5.37. The lowest BCUT2D eigenvalue weighted by molar-refractivity contribution is 0.0175. The summed E-state index contributed by atoms with van der Waals surface area (Å²) in [6.45, 7) is 4.00. The number of aliphatic hydroxyl groups excluding tert-OH is 1. The summed E-state index contributed by atoms with van der Waals surface area (Å²) < 4.78 is 5.65. The molecule has 1 aliphatic heterocycles. The van der Waals surface area contributed by atoms with Gasteiger partial charge in [-0.05, 0) is 13.0 Å². The minimum Gasteiger partial charge on any atom is -0.490 e. The fourth-order valence-corrected chi connectivity index (χ4v) is 1.68. The normalized spacial score (nSPS) is 32.1. The molecule has 0 amide bonds. The van der Waals surface area contributed by atoms with Gasteiger partial charge in [-0.2, -0.15) is 0 Å².